The first kappa shape index (κ1) is 8.85. The average Bonchev–Trinajstić information content (AvgIpc) is 2.43. The molecule has 2 nitrogen and oxygen atoms in total. The molecule has 0 aliphatic carbocycles. The molecule has 0 aromatic heterocycles. The van der Waals surface area contributed by atoms with Gasteiger partial charge in [0.05, 0.1) is 7.18 Å². The molecule has 9 heavy (non-hydrogen) atoms. The van der Waals surface area contributed by atoms with Crippen LogP contribution in [0.3, 0.4) is 0 Å². The Morgan fingerprint density at radius 2 is 2.22 bits per heavy atom. The zero-order chi connectivity index (χ0) is 7.11. The van der Waals surface area contributed by atoms with Gasteiger partial charge in [-0.15, -0.1) is 0 Å². The molecule has 1 saturated heterocycles. The minimum Gasteiger partial charge on any atom is -0.356 e. The minimum absolute atomic E-state index is 0.0972. The van der Waals surface area contributed by atoms with Crippen molar-refractivity contribution in [3.63, 3.8) is 0 Å². The molecule has 3 heteroatoms. The van der Waals surface area contributed by atoms with Crippen LogP contribution in [0, 0.1) is 0 Å². The highest BCUT2D eigenvalue weighted by molar-refractivity contribution is 4.52. The van der Waals surface area contributed by atoms with Gasteiger partial charge in [-0.3, -0.25) is 4.39 Å². The molecule has 56 valence electrons. The molecule has 1 aliphatic rings. The van der Waals surface area contributed by atoms with Gasteiger partial charge in [0.15, 0.2) is 6.29 Å². The van der Waals surface area contributed by atoms with E-state index in [0.29, 0.717) is 7.18 Å². The molecule has 1 rings (SSSR count). The van der Waals surface area contributed by atoms with Crippen molar-refractivity contribution in [2.24, 2.45) is 0 Å². The number of ether oxygens (including phenoxy) is 2. The number of rotatable bonds is 1. The van der Waals surface area contributed by atoms with E-state index in [-0.39, 0.29) is 6.29 Å². The van der Waals surface area contributed by atoms with Crippen LogP contribution in [0.4, 0.5) is 4.39 Å². The number of alkyl halides is 1. The van der Waals surface area contributed by atoms with E-state index in [9.17, 15) is 4.39 Å². The van der Waals surface area contributed by atoms with Crippen LogP contribution in [-0.2, 0) is 9.47 Å². The third-order valence-corrected chi connectivity index (χ3v) is 1.15. The van der Waals surface area contributed by atoms with E-state index in [1.165, 1.54) is 0 Å². The Morgan fingerprint density at radius 1 is 1.56 bits per heavy atom. The predicted molar refractivity (Wildman–Crippen MR) is 33.0 cm³/mol. The Kier molecular flexibility index (Phi) is 5.88. The molecule has 0 aromatic rings. The molecule has 0 amide bonds. The van der Waals surface area contributed by atoms with E-state index in [2.05, 4.69) is 0 Å². The average molecular weight is 136 g/mol. The summed E-state index contributed by atoms with van der Waals surface area (Å²) in [7, 11) is 2.18. The monoisotopic (exact) mass is 136 g/mol. The highest BCUT2D eigenvalue weighted by Gasteiger charge is 2.12. The van der Waals surface area contributed by atoms with E-state index in [1.807, 2.05) is 0 Å². The second-order valence-electron chi connectivity index (χ2n) is 1.68. The fourth-order valence-electron chi connectivity index (χ4n) is 0.734. The lowest BCUT2D eigenvalue weighted by Gasteiger charge is -2.03. The van der Waals surface area contributed by atoms with Gasteiger partial charge in [0.1, 0.15) is 0 Å². The van der Waals surface area contributed by atoms with Crippen LogP contribution in [0.2, 0.25) is 0 Å². The zero-order valence-corrected chi connectivity index (χ0v) is 5.89. The van der Waals surface area contributed by atoms with Gasteiger partial charge in [0.2, 0.25) is 0 Å². The zero-order valence-electron chi connectivity index (χ0n) is 5.89. The van der Waals surface area contributed by atoms with Gasteiger partial charge in [0.25, 0.3) is 0 Å². The number of halogens is 1. The van der Waals surface area contributed by atoms with Gasteiger partial charge in [0, 0.05) is 20.1 Å². The first-order valence-corrected chi connectivity index (χ1v) is 2.95. The van der Waals surface area contributed by atoms with E-state index in [1.54, 1.807) is 7.11 Å². The van der Waals surface area contributed by atoms with Gasteiger partial charge in [-0.2, -0.15) is 0 Å². The lowest BCUT2D eigenvalue weighted by Crippen LogP contribution is -2.05. The van der Waals surface area contributed by atoms with Crippen LogP contribution in [-0.4, -0.2) is 27.2 Å². The molecule has 1 aliphatic heterocycles. The Labute approximate surface area is 55.0 Å². The van der Waals surface area contributed by atoms with Crippen molar-refractivity contribution in [2.45, 2.75) is 19.1 Å². The quantitative estimate of drug-likeness (QED) is 0.541. The van der Waals surface area contributed by atoms with Gasteiger partial charge < -0.3 is 9.47 Å². The molecule has 0 N–H and O–H groups in total. The number of methoxy groups -OCH3 is 1. The SMILES string of the molecule is CF.COC1CCCO1. The van der Waals surface area contributed by atoms with Crippen molar-refractivity contribution < 1.29 is 13.9 Å². The maximum Gasteiger partial charge on any atom is 0.157 e. The van der Waals surface area contributed by atoms with Gasteiger partial charge in [-0.05, 0) is 6.42 Å². The summed E-state index contributed by atoms with van der Waals surface area (Å²) in [6, 6.07) is 0. The molecule has 0 radical (unpaired) electrons. The van der Waals surface area contributed by atoms with E-state index in [0.717, 1.165) is 19.4 Å². The van der Waals surface area contributed by atoms with Crippen LogP contribution >= 0.6 is 0 Å². The standard InChI is InChI=1S/C5H10O2.CH3F/c1-6-5-3-2-4-7-5;1-2/h5H,2-4H2,1H3;1H3. The first-order chi connectivity index (χ1) is 4.43. The van der Waals surface area contributed by atoms with Crippen molar-refractivity contribution in [1.29, 1.82) is 0 Å². The Balaban J connectivity index is 0.000000291. The third-order valence-electron chi connectivity index (χ3n) is 1.15. The van der Waals surface area contributed by atoms with E-state index < -0.39 is 0 Å². The first-order valence-electron chi connectivity index (χ1n) is 2.95. The molecule has 0 spiro atoms. The third kappa shape index (κ3) is 3.43. The molecule has 0 aromatic carbocycles. The second kappa shape index (κ2) is 5.98. The summed E-state index contributed by atoms with van der Waals surface area (Å²) in [6.45, 7) is 0.874. The fourth-order valence-corrected chi connectivity index (χ4v) is 0.734. The van der Waals surface area contributed by atoms with Gasteiger partial charge >= 0.3 is 0 Å². The summed E-state index contributed by atoms with van der Waals surface area (Å²) in [5.41, 5.74) is 0. The fraction of sp³-hybridized carbons (Fsp3) is 1.00. The molecular weight excluding hydrogens is 123 g/mol. The largest absolute Gasteiger partial charge is 0.356 e. The molecule has 0 bridgehead atoms. The van der Waals surface area contributed by atoms with Crippen LogP contribution in [0.15, 0.2) is 0 Å². The Bertz CT molecular complexity index is 53.0. The molecule has 1 fully saturated rings. The highest BCUT2D eigenvalue weighted by atomic mass is 19.1. The topological polar surface area (TPSA) is 18.5 Å². The normalized spacial score (nSPS) is 25.0. The molecular formula is C6H13FO2. The van der Waals surface area contributed by atoms with Crippen LogP contribution < -0.4 is 0 Å². The molecule has 1 atom stereocenters. The second-order valence-corrected chi connectivity index (χ2v) is 1.68. The molecule has 1 unspecified atom stereocenters. The smallest absolute Gasteiger partial charge is 0.157 e. The van der Waals surface area contributed by atoms with Gasteiger partial charge in [-0.1, -0.05) is 0 Å². The van der Waals surface area contributed by atoms with Crippen molar-refractivity contribution in [3.05, 3.63) is 0 Å². The van der Waals surface area contributed by atoms with Gasteiger partial charge in [-0.25, -0.2) is 0 Å². The maximum atomic E-state index is 9.50. The van der Waals surface area contributed by atoms with E-state index in [4.69, 9.17) is 9.47 Å². The summed E-state index contributed by atoms with van der Waals surface area (Å²) < 4.78 is 19.5. The number of hydrogen-bond acceptors (Lipinski definition) is 2. The Hall–Kier alpha value is -0.150. The Morgan fingerprint density at radius 3 is 2.44 bits per heavy atom. The minimum atomic E-state index is 0.0972. The number of hydrogen-bond donors (Lipinski definition) is 0. The van der Waals surface area contributed by atoms with Crippen LogP contribution in [0.1, 0.15) is 12.8 Å². The van der Waals surface area contributed by atoms with Crippen molar-refractivity contribution >= 4 is 0 Å². The predicted octanol–water partition coefficient (Wildman–Crippen LogP) is 1.35. The summed E-state index contributed by atoms with van der Waals surface area (Å²) >= 11 is 0. The summed E-state index contributed by atoms with van der Waals surface area (Å²) in [5.74, 6) is 0. The van der Waals surface area contributed by atoms with Crippen molar-refractivity contribution in [2.75, 3.05) is 20.9 Å². The van der Waals surface area contributed by atoms with Crippen LogP contribution in [0.25, 0.3) is 0 Å². The maximum absolute atomic E-state index is 9.50. The molecule has 1 heterocycles. The summed E-state index contributed by atoms with van der Waals surface area (Å²) in [6.07, 6.45) is 2.31. The summed E-state index contributed by atoms with van der Waals surface area (Å²) in [4.78, 5) is 0. The van der Waals surface area contributed by atoms with E-state index >= 15 is 0 Å². The summed E-state index contributed by atoms with van der Waals surface area (Å²) in [5, 5.41) is 0. The van der Waals surface area contributed by atoms with Crippen LogP contribution in [0.5, 0.6) is 0 Å². The van der Waals surface area contributed by atoms with Crippen molar-refractivity contribution in [3.8, 4) is 0 Å². The lowest BCUT2D eigenvalue weighted by atomic mass is 10.4. The van der Waals surface area contributed by atoms with Crippen molar-refractivity contribution in [1.82, 2.24) is 0 Å². The molecule has 0 saturated carbocycles. The highest BCUT2D eigenvalue weighted by Crippen LogP contribution is 2.10. The lowest BCUT2D eigenvalue weighted by molar-refractivity contribution is -0.0880.